The zero-order valence-corrected chi connectivity index (χ0v) is 15.6. The number of hydrogen-bond donors (Lipinski definition) is 2. The van der Waals surface area contributed by atoms with E-state index in [1.807, 2.05) is 26.0 Å². The molecule has 2 aromatic rings. The summed E-state index contributed by atoms with van der Waals surface area (Å²) < 4.78 is 5.03. The van der Waals surface area contributed by atoms with Gasteiger partial charge in [0.25, 0.3) is 0 Å². The van der Waals surface area contributed by atoms with E-state index in [1.54, 1.807) is 12.1 Å². The summed E-state index contributed by atoms with van der Waals surface area (Å²) in [6.45, 7) is 4.09. The van der Waals surface area contributed by atoms with Gasteiger partial charge in [0.15, 0.2) is 0 Å². The van der Waals surface area contributed by atoms with Crippen LogP contribution in [0, 0.1) is 5.92 Å². The van der Waals surface area contributed by atoms with Crippen LogP contribution in [0.15, 0.2) is 36.8 Å². The minimum Gasteiger partial charge on any atom is -0.479 e. The first-order valence-corrected chi connectivity index (χ1v) is 8.49. The van der Waals surface area contributed by atoms with Crippen molar-refractivity contribution in [2.24, 2.45) is 5.92 Å². The Morgan fingerprint density at radius 3 is 2.50 bits per heavy atom. The Morgan fingerprint density at radius 1 is 1.19 bits per heavy atom. The third-order valence-corrected chi connectivity index (χ3v) is 3.86. The minimum absolute atomic E-state index is 0.178. The van der Waals surface area contributed by atoms with Crippen molar-refractivity contribution >= 4 is 29.1 Å². The smallest absolute Gasteiger partial charge is 0.313 e. The van der Waals surface area contributed by atoms with E-state index >= 15 is 0 Å². The Bertz CT molecular complexity index is 765. The SMILES string of the molecule is COc1ncncc1NC(=O)C(=O)N[C@H](CC(C)C)c1ccc(Cl)cc1. The third-order valence-electron chi connectivity index (χ3n) is 3.61. The summed E-state index contributed by atoms with van der Waals surface area (Å²) in [6.07, 6.45) is 3.33. The molecule has 0 fully saturated rings. The summed E-state index contributed by atoms with van der Waals surface area (Å²) in [7, 11) is 1.41. The van der Waals surface area contributed by atoms with Gasteiger partial charge in [0, 0.05) is 5.02 Å². The number of nitrogens with one attached hydrogen (secondary N) is 2. The Kier molecular flexibility index (Phi) is 6.91. The molecule has 0 unspecified atom stereocenters. The monoisotopic (exact) mass is 376 g/mol. The average molecular weight is 377 g/mol. The fraction of sp³-hybridized carbons (Fsp3) is 0.333. The highest BCUT2D eigenvalue weighted by Crippen LogP contribution is 2.23. The second kappa shape index (κ2) is 9.15. The van der Waals surface area contributed by atoms with Crippen molar-refractivity contribution in [1.29, 1.82) is 0 Å². The molecule has 2 N–H and O–H groups in total. The summed E-state index contributed by atoms with van der Waals surface area (Å²) in [5.41, 5.74) is 1.10. The minimum atomic E-state index is -0.819. The summed E-state index contributed by atoms with van der Waals surface area (Å²) in [4.78, 5) is 32.3. The average Bonchev–Trinajstić information content (AvgIpc) is 2.61. The number of carbonyl (C=O) groups is 2. The van der Waals surface area contributed by atoms with Crippen LogP contribution in [-0.4, -0.2) is 28.9 Å². The lowest BCUT2D eigenvalue weighted by atomic mass is 9.97. The van der Waals surface area contributed by atoms with E-state index in [4.69, 9.17) is 16.3 Å². The van der Waals surface area contributed by atoms with Crippen LogP contribution in [-0.2, 0) is 9.59 Å². The van der Waals surface area contributed by atoms with Gasteiger partial charge in [-0.1, -0.05) is 37.6 Å². The van der Waals surface area contributed by atoms with E-state index in [0.29, 0.717) is 17.4 Å². The van der Waals surface area contributed by atoms with Crippen LogP contribution in [0.4, 0.5) is 5.69 Å². The molecular formula is C18H21ClN4O3. The number of halogens is 1. The second-order valence-electron chi connectivity index (χ2n) is 6.11. The molecule has 1 aromatic carbocycles. The number of methoxy groups -OCH3 is 1. The lowest BCUT2D eigenvalue weighted by Crippen LogP contribution is -2.38. The molecule has 0 spiro atoms. The molecule has 7 nitrogen and oxygen atoms in total. The predicted molar refractivity (Wildman–Crippen MR) is 99.0 cm³/mol. The fourth-order valence-corrected chi connectivity index (χ4v) is 2.54. The standard InChI is InChI=1S/C18H21ClN4O3/c1-11(2)8-14(12-4-6-13(19)7-5-12)22-16(24)17(25)23-15-9-20-10-21-18(15)26-3/h4-7,9-11,14H,8H2,1-3H3,(H,22,24)(H,23,25)/t14-/m1/s1. The van der Waals surface area contributed by atoms with Gasteiger partial charge in [0.05, 0.1) is 19.3 Å². The first-order chi connectivity index (χ1) is 12.4. The summed E-state index contributed by atoms with van der Waals surface area (Å²) in [6, 6.07) is 6.87. The number of carbonyl (C=O) groups excluding carboxylic acids is 2. The van der Waals surface area contributed by atoms with Crippen molar-refractivity contribution in [3.63, 3.8) is 0 Å². The first kappa shape index (κ1) is 19.7. The number of benzene rings is 1. The highest BCUT2D eigenvalue weighted by molar-refractivity contribution is 6.39. The molecule has 1 heterocycles. The van der Waals surface area contributed by atoms with Crippen molar-refractivity contribution in [2.75, 3.05) is 12.4 Å². The number of hydrogen-bond acceptors (Lipinski definition) is 5. The number of amides is 2. The number of nitrogens with zero attached hydrogens (tertiary/aromatic N) is 2. The van der Waals surface area contributed by atoms with E-state index in [-0.39, 0.29) is 17.6 Å². The van der Waals surface area contributed by atoms with E-state index in [9.17, 15) is 9.59 Å². The Morgan fingerprint density at radius 2 is 1.88 bits per heavy atom. The van der Waals surface area contributed by atoms with Crippen LogP contribution >= 0.6 is 11.6 Å². The molecule has 8 heteroatoms. The van der Waals surface area contributed by atoms with Gasteiger partial charge in [-0.3, -0.25) is 9.59 Å². The third kappa shape index (κ3) is 5.42. The highest BCUT2D eigenvalue weighted by Gasteiger charge is 2.22. The second-order valence-corrected chi connectivity index (χ2v) is 6.54. The highest BCUT2D eigenvalue weighted by atomic mass is 35.5. The maximum Gasteiger partial charge on any atom is 0.313 e. The van der Waals surface area contributed by atoms with Gasteiger partial charge in [-0.25, -0.2) is 4.98 Å². The number of rotatable bonds is 6. The summed E-state index contributed by atoms with van der Waals surface area (Å²) >= 11 is 5.92. The van der Waals surface area contributed by atoms with Crippen LogP contribution in [0.2, 0.25) is 5.02 Å². The maximum atomic E-state index is 12.3. The molecule has 0 aliphatic carbocycles. The van der Waals surface area contributed by atoms with Gasteiger partial charge in [-0.15, -0.1) is 0 Å². The largest absolute Gasteiger partial charge is 0.479 e. The maximum absolute atomic E-state index is 12.3. The van der Waals surface area contributed by atoms with Crippen LogP contribution in [0.25, 0.3) is 0 Å². The Hall–Kier alpha value is -2.67. The number of anilines is 1. The molecule has 0 bridgehead atoms. The molecule has 1 aromatic heterocycles. The normalized spacial score (nSPS) is 11.7. The Balaban J connectivity index is 2.10. The van der Waals surface area contributed by atoms with Gasteiger partial charge in [0.1, 0.15) is 12.0 Å². The summed E-state index contributed by atoms with van der Waals surface area (Å²) in [5, 5.41) is 5.83. The predicted octanol–water partition coefficient (Wildman–Crippen LogP) is 2.98. The zero-order chi connectivity index (χ0) is 19.1. The zero-order valence-electron chi connectivity index (χ0n) is 14.8. The number of ether oxygens (including phenoxy) is 1. The topological polar surface area (TPSA) is 93.2 Å². The quantitative estimate of drug-likeness (QED) is 0.756. The van der Waals surface area contributed by atoms with Gasteiger partial charge < -0.3 is 15.4 Å². The molecule has 0 aliphatic rings. The van der Waals surface area contributed by atoms with Crippen molar-refractivity contribution in [3.8, 4) is 5.88 Å². The van der Waals surface area contributed by atoms with Gasteiger partial charge >= 0.3 is 11.8 Å². The van der Waals surface area contributed by atoms with E-state index in [2.05, 4.69) is 20.6 Å². The van der Waals surface area contributed by atoms with Crippen LogP contribution in [0.1, 0.15) is 31.9 Å². The van der Waals surface area contributed by atoms with Crippen LogP contribution < -0.4 is 15.4 Å². The van der Waals surface area contributed by atoms with Crippen molar-refractivity contribution in [2.45, 2.75) is 26.3 Å². The number of aromatic nitrogens is 2. The molecule has 0 aliphatic heterocycles. The van der Waals surface area contributed by atoms with E-state index < -0.39 is 11.8 Å². The van der Waals surface area contributed by atoms with Crippen LogP contribution in [0.3, 0.4) is 0 Å². The van der Waals surface area contributed by atoms with Crippen molar-refractivity contribution in [1.82, 2.24) is 15.3 Å². The van der Waals surface area contributed by atoms with Gasteiger partial charge in [-0.05, 0) is 30.0 Å². The van der Waals surface area contributed by atoms with E-state index in [1.165, 1.54) is 19.6 Å². The molecule has 1 atom stereocenters. The van der Waals surface area contributed by atoms with E-state index in [0.717, 1.165) is 5.56 Å². The molecule has 0 saturated carbocycles. The van der Waals surface area contributed by atoms with Crippen molar-refractivity contribution < 1.29 is 14.3 Å². The fourth-order valence-electron chi connectivity index (χ4n) is 2.41. The molecule has 0 saturated heterocycles. The Labute approximate surface area is 157 Å². The molecule has 26 heavy (non-hydrogen) atoms. The first-order valence-electron chi connectivity index (χ1n) is 8.12. The lowest BCUT2D eigenvalue weighted by molar-refractivity contribution is -0.136. The molecule has 0 radical (unpaired) electrons. The molecular weight excluding hydrogens is 356 g/mol. The molecule has 138 valence electrons. The van der Waals surface area contributed by atoms with Gasteiger partial charge in [0.2, 0.25) is 5.88 Å². The lowest BCUT2D eigenvalue weighted by Gasteiger charge is -2.21. The van der Waals surface area contributed by atoms with Crippen LogP contribution in [0.5, 0.6) is 5.88 Å². The van der Waals surface area contributed by atoms with Crippen molar-refractivity contribution in [3.05, 3.63) is 47.4 Å². The summed E-state index contributed by atoms with van der Waals surface area (Å²) in [5.74, 6) is -1.07. The molecule has 2 amide bonds. The van der Waals surface area contributed by atoms with Gasteiger partial charge in [-0.2, -0.15) is 4.98 Å². The molecule has 2 rings (SSSR count).